The molecule has 0 atom stereocenters. The van der Waals surface area contributed by atoms with E-state index in [4.69, 9.17) is 0 Å². The maximum absolute atomic E-state index is 3.82. The molecule has 0 aromatic heterocycles. The Labute approximate surface area is 47.9 Å². The first-order valence-electron chi connectivity index (χ1n) is 1.87. The molecule has 0 rings (SSSR count). The van der Waals surface area contributed by atoms with Gasteiger partial charge in [-0.3, -0.25) is 4.99 Å². The molecule has 0 saturated heterocycles. The minimum absolute atomic E-state index is 0.940. The Morgan fingerprint density at radius 3 is 2.43 bits per heavy atom. The number of hydrogen-bond acceptors (Lipinski definition) is 3. The molecule has 0 aromatic rings. The summed E-state index contributed by atoms with van der Waals surface area (Å²) < 4.78 is 3.54. The second-order valence-electron chi connectivity index (χ2n) is 0.963. The maximum atomic E-state index is 3.82. The van der Waals surface area contributed by atoms with Crippen LogP contribution < -0.4 is 0 Å². The lowest BCUT2D eigenvalue weighted by molar-refractivity contribution is 1.45. The number of aliphatic imine (C=N–C) groups is 1. The first kappa shape index (κ1) is 6.69. The molecule has 2 nitrogen and oxygen atoms in total. The van der Waals surface area contributed by atoms with Crippen molar-refractivity contribution in [3.8, 4) is 0 Å². The van der Waals surface area contributed by atoms with Crippen LogP contribution in [0.1, 0.15) is 6.92 Å². The molecule has 0 N–H and O–H groups in total. The van der Waals surface area contributed by atoms with Crippen LogP contribution in [0.15, 0.2) is 9.39 Å². The van der Waals surface area contributed by atoms with Gasteiger partial charge in [0.2, 0.25) is 0 Å². The summed E-state index contributed by atoms with van der Waals surface area (Å²) in [5.41, 5.74) is 0. The highest BCUT2D eigenvalue weighted by molar-refractivity contribution is 8.12. The molecule has 0 radical (unpaired) electrons. The fourth-order valence-electron chi connectivity index (χ4n) is 0.134. The van der Waals surface area contributed by atoms with E-state index in [1.807, 2.05) is 6.92 Å². The van der Waals surface area contributed by atoms with Crippen LogP contribution in [-0.4, -0.2) is 18.8 Å². The van der Waals surface area contributed by atoms with Crippen LogP contribution >= 0.6 is 11.9 Å². The van der Waals surface area contributed by atoms with Crippen LogP contribution in [0.3, 0.4) is 0 Å². The first-order valence-corrected chi connectivity index (χ1v) is 2.65. The molecule has 0 aliphatic rings. The van der Waals surface area contributed by atoms with Crippen molar-refractivity contribution in [2.24, 2.45) is 9.39 Å². The molecular formula is C4H8N2S. The molecule has 0 amide bonds. The van der Waals surface area contributed by atoms with E-state index in [9.17, 15) is 0 Å². The van der Waals surface area contributed by atoms with Crippen molar-refractivity contribution in [1.29, 1.82) is 0 Å². The van der Waals surface area contributed by atoms with Crippen molar-refractivity contribution in [2.45, 2.75) is 6.92 Å². The van der Waals surface area contributed by atoms with Gasteiger partial charge in [-0.1, -0.05) is 0 Å². The molecule has 0 saturated carbocycles. The van der Waals surface area contributed by atoms with Crippen LogP contribution in [0.25, 0.3) is 0 Å². The Morgan fingerprint density at radius 1 is 1.71 bits per heavy atom. The third kappa shape index (κ3) is 3.52. The summed E-state index contributed by atoms with van der Waals surface area (Å²) in [6, 6.07) is 0. The molecule has 0 aliphatic heterocycles. The smallest absolute Gasteiger partial charge is 0.0869 e. The minimum atomic E-state index is 0.940. The van der Waals surface area contributed by atoms with Crippen molar-refractivity contribution in [2.75, 3.05) is 7.05 Å². The van der Waals surface area contributed by atoms with Crippen LogP contribution in [0.2, 0.25) is 0 Å². The summed E-state index contributed by atoms with van der Waals surface area (Å²) in [5, 5.41) is 0.940. The van der Waals surface area contributed by atoms with Gasteiger partial charge in [0, 0.05) is 19.0 Å². The van der Waals surface area contributed by atoms with Gasteiger partial charge in [0.05, 0.1) is 5.04 Å². The van der Waals surface area contributed by atoms with Crippen LogP contribution in [0, 0.1) is 0 Å². The predicted molar refractivity (Wildman–Crippen MR) is 36.2 cm³/mol. The molecule has 0 heterocycles. The normalized spacial score (nSPS) is 11.4. The van der Waals surface area contributed by atoms with Gasteiger partial charge in [0.15, 0.2) is 0 Å². The van der Waals surface area contributed by atoms with Gasteiger partial charge in [-0.15, -0.1) is 0 Å². The van der Waals surface area contributed by atoms with E-state index in [2.05, 4.69) is 16.1 Å². The highest BCUT2D eigenvalue weighted by Gasteiger charge is 1.80. The summed E-state index contributed by atoms with van der Waals surface area (Å²) in [7, 11) is 1.73. The van der Waals surface area contributed by atoms with Crippen LogP contribution in [0.4, 0.5) is 0 Å². The monoisotopic (exact) mass is 116 g/mol. The lowest BCUT2D eigenvalue weighted by Crippen LogP contribution is -1.75. The second kappa shape index (κ2) is 3.87. The van der Waals surface area contributed by atoms with Crippen LogP contribution in [-0.2, 0) is 0 Å². The molecule has 0 aliphatic carbocycles. The zero-order valence-electron chi connectivity index (χ0n) is 4.51. The van der Waals surface area contributed by atoms with Crippen molar-refractivity contribution >= 4 is 23.7 Å². The van der Waals surface area contributed by atoms with E-state index in [1.54, 1.807) is 7.05 Å². The number of nitrogens with zero attached hydrogens (tertiary/aromatic N) is 2. The van der Waals surface area contributed by atoms with Crippen LogP contribution in [0.5, 0.6) is 0 Å². The van der Waals surface area contributed by atoms with Crippen molar-refractivity contribution in [1.82, 2.24) is 0 Å². The van der Waals surface area contributed by atoms with E-state index in [0.29, 0.717) is 0 Å². The van der Waals surface area contributed by atoms with Crippen molar-refractivity contribution < 1.29 is 0 Å². The zero-order valence-corrected chi connectivity index (χ0v) is 5.33. The van der Waals surface area contributed by atoms with Crippen molar-refractivity contribution in [3.63, 3.8) is 0 Å². The Balaban J connectivity index is 3.36. The number of rotatable bonds is 1. The van der Waals surface area contributed by atoms with E-state index >= 15 is 0 Å². The summed E-state index contributed by atoms with van der Waals surface area (Å²) in [6.45, 7) is 5.17. The highest BCUT2D eigenvalue weighted by atomic mass is 32.2. The first-order chi connectivity index (χ1) is 3.31. The molecule has 40 valence electrons. The standard InChI is InChI=1S/C4H8N2S/c1-4(5-2)7-6-3/h3H2,1-2H3. The largest absolute Gasteiger partial charge is 0.285 e. The zero-order chi connectivity index (χ0) is 5.70. The van der Waals surface area contributed by atoms with Crippen molar-refractivity contribution in [3.05, 3.63) is 0 Å². The lowest BCUT2D eigenvalue weighted by atomic mass is 10.9. The second-order valence-corrected chi connectivity index (χ2v) is 1.99. The quantitative estimate of drug-likeness (QED) is 0.288. The van der Waals surface area contributed by atoms with E-state index in [-0.39, 0.29) is 0 Å². The average molecular weight is 116 g/mol. The Morgan fingerprint density at radius 2 is 2.29 bits per heavy atom. The summed E-state index contributed by atoms with van der Waals surface area (Å²) >= 11 is 1.30. The molecule has 7 heavy (non-hydrogen) atoms. The van der Waals surface area contributed by atoms with Gasteiger partial charge in [-0.05, 0) is 13.6 Å². The van der Waals surface area contributed by atoms with E-state index in [1.165, 1.54) is 11.9 Å². The fourth-order valence-corrected chi connectivity index (χ4v) is 0.403. The predicted octanol–water partition coefficient (Wildman–Crippen LogP) is 1.38. The SMILES string of the molecule is C=NSC(C)=NC. The summed E-state index contributed by atoms with van der Waals surface area (Å²) in [6.07, 6.45) is 0. The highest BCUT2D eigenvalue weighted by Crippen LogP contribution is 2.00. The minimum Gasteiger partial charge on any atom is -0.285 e. The Kier molecular flexibility index (Phi) is 3.69. The summed E-state index contributed by atoms with van der Waals surface area (Å²) in [4.78, 5) is 3.82. The van der Waals surface area contributed by atoms with E-state index in [0.717, 1.165) is 5.04 Å². The molecule has 0 bridgehead atoms. The third-order valence-corrected chi connectivity index (χ3v) is 1.09. The summed E-state index contributed by atoms with van der Waals surface area (Å²) in [5.74, 6) is 0. The van der Waals surface area contributed by atoms with E-state index < -0.39 is 0 Å². The van der Waals surface area contributed by atoms with Gasteiger partial charge in [0.1, 0.15) is 0 Å². The Hall–Kier alpha value is -0.310. The van der Waals surface area contributed by atoms with Gasteiger partial charge in [0.25, 0.3) is 0 Å². The number of hydrogen-bond donors (Lipinski definition) is 0. The maximum Gasteiger partial charge on any atom is 0.0869 e. The molecule has 0 fully saturated rings. The molecule has 0 aromatic carbocycles. The fraction of sp³-hybridized carbons (Fsp3) is 0.500. The lowest BCUT2D eigenvalue weighted by Gasteiger charge is -1.84. The molecular weight excluding hydrogens is 108 g/mol. The van der Waals surface area contributed by atoms with Gasteiger partial charge in [-0.25, -0.2) is 4.40 Å². The topological polar surface area (TPSA) is 24.7 Å². The Bertz CT molecular complexity index is 87.7. The average Bonchev–Trinajstić information content (AvgIpc) is 1.68. The molecule has 0 spiro atoms. The van der Waals surface area contributed by atoms with Gasteiger partial charge < -0.3 is 0 Å². The third-order valence-electron chi connectivity index (χ3n) is 0.512. The molecule has 0 unspecified atom stereocenters. The van der Waals surface area contributed by atoms with Gasteiger partial charge >= 0.3 is 0 Å². The van der Waals surface area contributed by atoms with Gasteiger partial charge in [-0.2, -0.15) is 0 Å². The molecule has 3 heteroatoms.